The zero-order valence-electron chi connectivity index (χ0n) is 20.8. The lowest BCUT2D eigenvalue weighted by Crippen LogP contribution is -2.57. The van der Waals surface area contributed by atoms with Crippen LogP contribution in [0, 0.1) is 0 Å². The highest BCUT2D eigenvalue weighted by atomic mass is 19.1. The van der Waals surface area contributed by atoms with Gasteiger partial charge >= 0.3 is 5.97 Å². The average molecular weight is 497 g/mol. The molecule has 3 aliphatic heterocycles. The van der Waals surface area contributed by atoms with E-state index in [0.717, 1.165) is 17.7 Å². The molecule has 10 nitrogen and oxygen atoms in total. The fraction of sp³-hybridized carbons (Fsp3) is 0.792. The summed E-state index contributed by atoms with van der Waals surface area (Å²) in [5.41, 5.74) is 0. The molecule has 3 fully saturated rings. The number of amides is 4. The molecular weight excluding hydrogens is 459 g/mol. The van der Waals surface area contributed by atoms with Gasteiger partial charge in [-0.3, -0.25) is 19.2 Å². The molecule has 0 spiro atoms. The third-order valence-electron chi connectivity index (χ3n) is 6.85. The highest BCUT2D eigenvalue weighted by Crippen LogP contribution is 2.26. The number of nitrogens with one attached hydrogen (secondary N) is 1. The maximum Gasteiger partial charge on any atom is 0.329 e. The van der Waals surface area contributed by atoms with E-state index in [1.165, 1.54) is 4.90 Å². The lowest BCUT2D eigenvalue weighted by Gasteiger charge is -2.38. The van der Waals surface area contributed by atoms with E-state index in [9.17, 15) is 28.4 Å². The van der Waals surface area contributed by atoms with Crippen molar-refractivity contribution in [1.82, 2.24) is 20.0 Å². The van der Waals surface area contributed by atoms with Gasteiger partial charge in [0, 0.05) is 25.6 Å². The Morgan fingerprint density at radius 2 is 1.69 bits per heavy atom. The molecule has 196 valence electrons. The van der Waals surface area contributed by atoms with Gasteiger partial charge in [0.05, 0.1) is 13.0 Å². The average Bonchev–Trinajstić information content (AvgIpc) is 3.44. The molecule has 0 radical (unpaired) electrons. The van der Waals surface area contributed by atoms with Crippen LogP contribution >= 0.6 is 0 Å². The smallest absolute Gasteiger partial charge is 0.329 e. The van der Waals surface area contributed by atoms with Gasteiger partial charge in [0.15, 0.2) is 0 Å². The van der Waals surface area contributed by atoms with Gasteiger partial charge in [0.2, 0.25) is 24.1 Å². The summed E-state index contributed by atoms with van der Waals surface area (Å²) >= 11 is 0. The van der Waals surface area contributed by atoms with Gasteiger partial charge < -0.3 is 24.8 Å². The van der Waals surface area contributed by atoms with Crippen LogP contribution in [0.15, 0.2) is 0 Å². The van der Waals surface area contributed by atoms with Crippen molar-refractivity contribution in [3.8, 4) is 0 Å². The molecule has 0 aromatic heterocycles. The van der Waals surface area contributed by atoms with E-state index in [4.69, 9.17) is 4.74 Å². The van der Waals surface area contributed by atoms with Crippen molar-refractivity contribution in [3.63, 3.8) is 0 Å². The summed E-state index contributed by atoms with van der Waals surface area (Å²) in [6.45, 7) is 6.05. The first-order valence-corrected chi connectivity index (χ1v) is 12.6. The minimum atomic E-state index is -1.28. The quantitative estimate of drug-likeness (QED) is 0.392. The van der Waals surface area contributed by atoms with Gasteiger partial charge in [-0.25, -0.2) is 9.18 Å². The molecule has 3 rings (SSSR count). The van der Waals surface area contributed by atoms with Crippen molar-refractivity contribution >= 4 is 30.1 Å². The van der Waals surface area contributed by atoms with E-state index in [2.05, 4.69) is 5.32 Å². The van der Waals surface area contributed by atoms with E-state index in [1.807, 2.05) is 13.8 Å². The van der Waals surface area contributed by atoms with Gasteiger partial charge in [-0.2, -0.15) is 0 Å². The van der Waals surface area contributed by atoms with Crippen LogP contribution in [-0.4, -0.2) is 101 Å². The van der Waals surface area contributed by atoms with Crippen molar-refractivity contribution < 1.29 is 33.1 Å². The molecule has 0 aromatic rings. The first kappa shape index (κ1) is 26.9. The highest BCUT2D eigenvalue weighted by Gasteiger charge is 2.42. The molecule has 3 aliphatic rings. The Kier molecular flexibility index (Phi) is 9.07. The second-order valence-corrected chi connectivity index (χ2v) is 10.1. The van der Waals surface area contributed by atoms with Crippen molar-refractivity contribution in [3.05, 3.63) is 0 Å². The summed E-state index contributed by atoms with van der Waals surface area (Å²) in [7, 11) is 0. The van der Waals surface area contributed by atoms with E-state index in [-0.39, 0.29) is 43.1 Å². The summed E-state index contributed by atoms with van der Waals surface area (Å²) in [6, 6.07) is -2.21. The Hall–Kier alpha value is -2.72. The molecule has 0 aliphatic carbocycles. The summed E-state index contributed by atoms with van der Waals surface area (Å²) in [6.07, 6.45) is 1.55. The molecule has 0 bridgehead atoms. The number of hydrogen-bond donors (Lipinski definition) is 1. The zero-order chi connectivity index (χ0) is 25.7. The first-order valence-electron chi connectivity index (χ1n) is 12.6. The maximum absolute atomic E-state index is 13.6. The van der Waals surface area contributed by atoms with Crippen molar-refractivity contribution in [1.29, 1.82) is 0 Å². The predicted octanol–water partition coefficient (Wildman–Crippen LogP) is 0.774. The Morgan fingerprint density at radius 3 is 2.37 bits per heavy atom. The molecule has 5 atom stereocenters. The molecule has 3 saturated heterocycles. The minimum Gasteiger partial charge on any atom is -0.461 e. The predicted molar refractivity (Wildman–Crippen MR) is 124 cm³/mol. The van der Waals surface area contributed by atoms with Crippen LogP contribution in [0.3, 0.4) is 0 Å². The summed E-state index contributed by atoms with van der Waals surface area (Å²) in [5, 5.41) is 2.89. The van der Waals surface area contributed by atoms with Gasteiger partial charge in [0.1, 0.15) is 30.4 Å². The van der Waals surface area contributed by atoms with E-state index < -0.39 is 36.4 Å². The number of alkyl halides is 1. The third-order valence-corrected chi connectivity index (χ3v) is 6.85. The van der Waals surface area contributed by atoms with Crippen LogP contribution < -0.4 is 5.32 Å². The number of likely N-dealkylation sites (tertiary alicyclic amines) is 3. The molecular formula is C24H37FN4O6. The lowest BCUT2D eigenvalue weighted by molar-refractivity contribution is -0.158. The number of halogens is 1. The fourth-order valence-corrected chi connectivity index (χ4v) is 5.20. The normalized spacial score (nSPS) is 27.6. The van der Waals surface area contributed by atoms with Gasteiger partial charge in [-0.05, 0) is 52.9 Å². The molecule has 35 heavy (non-hydrogen) atoms. The summed E-state index contributed by atoms with van der Waals surface area (Å²) in [4.78, 5) is 66.9. The number of hydrogen-bond acceptors (Lipinski definition) is 6. The van der Waals surface area contributed by atoms with Crippen molar-refractivity contribution in [2.45, 2.75) is 102 Å². The highest BCUT2D eigenvalue weighted by molar-refractivity contribution is 5.93. The molecule has 5 unspecified atom stereocenters. The number of ether oxygens (including phenoxy) is 1. The number of esters is 1. The maximum atomic E-state index is 13.6. The van der Waals surface area contributed by atoms with Crippen LogP contribution in [-0.2, 0) is 28.7 Å². The van der Waals surface area contributed by atoms with E-state index in [0.29, 0.717) is 38.8 Å². The van der Waals surface area contributed by atoms with Gasteiger partial charge in [-0.15, -0.1) is 0 Å². The monoisotopic (exact) mass is 496 g/mol. The number of rotatable bonds is 8. The van der Waals surface area contributed by atoms with Gasteiger partial charge in [-0.1, -0.05) is 0 Å². The number of piperidine rings is 1. The molecule has 11 heteroatoms. The first-order chi connectivity index (χ1) is 16.6. The van der Waals surface area contributed by atoms with E-state index in [1.54, 1.807) is 11.8 Å². The van der Waals surface area contributed by atoms with Crippen LogP contribution in [0.1, 0.15) is 65.7 Å². The number of nitrogens with zero attached hydrogens (tertiary/aromatic N) is 3. The third kappa shape index (κ3) is 6.49. The summed E-state index contributed by atoms with van der Waals surface area (Å²) < 4.78 is 18.9. The molecule has 0 aromatic carbocycles. The number of carbonyl (C=O) groups is 5. The van der Waals surface area contributed by atoms with Gasteiger partial charge in [0.25, 0.3) is 0 Å². The molecule has 4 amide bonds. The van der Waals surface area contributed by atoms with Crippen molar-refractivity contribution in [2.75, 3.05) is 19.6 Å². The standard InChI is InChI=1S/C24H37FN4O6/c1-15(2)26-22(32)18-7-4-5-9-29(18)23(33)19-8-6-10-28(19)21(31)11-16(3)35-24(34)20-12-17(25)13-27(20)14-30/h14-20H,4-13H2,1-3H3,(H,26,32). The molecule has 1 N–H and O–H groups in total. The zero-order valence-corrected chi connectivity index (χ0v) is 20.8. The van der Waals surface area contributed by atoms with Crippen LogP contribution in [0.4, 0.5) is 4.39 Å². The fourth-order valence-electron chi connectivity index (χ4n) is 5.20. The van der Waals surface area contributed by atoms with E-state index >= 15 is 0 Å². The second-order valence-electron chi connectivity index (χ2n) is 10.1. The Morgan fingerprint density at radius 1 is 1.00 bits per heavy atom. The van der Waals surface area contributed by atoms with Crippen LogP contribution in [0.5, 0.6) is 0 Å². The van der Waals surface area contributed by atoms with Crippen molar-refractivity contribution in [2.24, 2.45) is 0 Å². The molecule has 0 saturated carbocycles. The summed E-state index contributed by atoms with van der Waals surface area (Å²) in [5.74, 6) is -1.44. The SMILES string of the molecule is CC(C)NC(=O)C1CCCCN1C(=O)C1CCCN1C(=O)CC(C)OC(=O)C1CC(F)CN1C=O. The Labute approximate surface area is 205 Å². The Bertz CT molecular complexity index is 824. The van der Waals surface area contributed by atoms with Crippen LogP contribution in [0.2, 0.25) is 0 Å². The lowest BCUT2D eigenvalue weighted by atomic mass is 9.99. The van der Waals surface area contributed by atoms with Crippen LogP contribution in [0.25, 0.3) is 0 Å². The molecule has 3 heterocycles. The largest absolute Gasteiger partial charge is 0.461 e. The Balaban J connectivity index is 1.59. The number of carbonyl (C=O) groups excluding carboxylic acids is 5. The second kappa shape index (κ2) is 11.8. The topological polar surface area (TPSA) is 116 Å². The minimum absolute atomic E-state index is 0.0335.